The van der Waals surface area contributed by atoms with Gasteiger partial charge in [0.05, 0.1) is 12.8 Å². The number of benzene rings is 1. The quantitative estimate of drug-likeness (QED) is 0.441. The van der Waals surface area contributed by atoms with Crippen molar-refractivity contribution in [3.63, 3.8) is 0 Å². The fourth-order valence-corrected chi connectivity index (χ4v) is 4.52. The number of rotatable bonds is 8. The zero-order valence-corrected chi connectivity index (χ0v) is 18.6. The second-order valence-corrected chi connectivity index (χ2v) is 8.17. The van der Waals surface area contributed by atoms with Gasteiger partial charge in [-0.15, -0.1) is 0 Å². The van der Waals surface area contributed by atoms with Gasteiger partial charge in [-0.05, 0) is 73.4 Å². The third-order valence-corrected chi connectivity index (χ3v) is 5.91. The molecule has 1 aromatic carbocycles. The van der Waals surface area contributed by atoms with Crippen LogP contribution in [0.15, 0.2) is 36.5 Å². The number of pyridine rings is 1. The van der Waals surface area contributed by atoms with Crippen molar-refractivity contribution in [1.82, 2.24) is 4.98 Å². The van der Waals surface area contributed by atoms with Crippen LogP contribution in [-0.2, 0) is 12.8 Å². The number of fused-ring (bicyclic) bond motifs is 2. The Hall–Kier alpha value is -2.35. The summed E-state index contributed by atoms with van der Waals surface area (Å²) in [5.74, 6) is 0.988. The molecule has 2 aromatic rings. The van der Waals surface area contributed by atoms with Gasteiger partial charge in [-0.2, -0.15) is 0 Å². The fraction of sp³-hybridized carbons (Fsp3) is 0.444. The topological polar surface area (TPSA) is 22.1 Å². The molecule has 1 aliphatic carbocycles. The molecule has 0 saturated carbocycles. The van der Waals surface area contributed by atoms with Crippen molar-refractivity contribution in [2.45, 2.75) is 72.1 Å². The molecule has 0 bridgehead atoms. The first-order valence-corrected chi connectivity index (χ1v) is 11.1. The zero-order valence-electron chi connectivity index (χ0n) is 18.6. The number of nitrogens with zero attached hydrogens (tertiary/aromatic N) is 1. The minimum Gasteiger partial charge on any atom is -0.496 e. The first kappa shape index (κ1) is 21.4. The highest BCUT2D eigenvalue weighted by Gasteiger charge is 2.26. The van der Waals surface area contributed by atoms with Gasteiger partial charge in [0.2, 0.25) is 0 Å². The lowest BCUT2D eigenvalue weighted by atomic mass is 9.87. The van der Waals surface area contributed by atoms with E-state index in [4.69, 9.17) is 9.72 Å². The van der Waals surface area contributed by atoms with Crippen LogP contribution < -0.4 is 4.74 Å². The molecule has 0 saturated heterocycles. The Morgan fingerprint density at radius 3 is 2.55 bits per heavy atom. The Kier molecular flexibility index (Phi) is 7.30. The van der Waals surface area contributed by atoms with Crippen LogP contribution in [-0.4, -0.2) is 12.1 Å². The number of aromatic nitrogens is 1. The monoisotopic (exact) mass is 389 g/mol. The second kappa shape index (κ2) is 9.91. The summed E-state index contributed by atoms with van der Waals surface area (Å²) < 4.78 is 5.92. The van der Waals surface area contributed by atoms with Crippen molar-refractivity contribution in [3.05, 3.63) is 70.1 Å². The van der Waals surface area contributed by atoms with E-state index in [9.17, 15) is 0 Å². The summed E-state index contributed by atoms with van der Waals surface area (Å²) in [5, 5.41) is 0. The van der Waals surface area contributed by atoms with Crippen molar-refractivity contribution in [2.24, 2.45) is 0 Å². The molecule has 0 amide bonds. The van der Waals surface area contributed by atoms with E-state index in [0.29, 0.717) is 0 Å². The molecule has 2 heteroatoms. The van der Waals surface area contributed by atoms with Gasteiger partial charge in [0.1, 0.15) is 5.75 Å². The van der Waals surface area contributed by atoms with Crippen molar-refractivity contribution < 1.29 is 4.74 Å². The lowest BCUT2D eigenvalue weighted by molar-refractivity contribution is 0.412. The van der Waals surface area contributed by atoms with Crippen LogP contribution in [0.5, 0.6) is 5.75 Å². The summed E-state index contributed by atoms with van der Waals surface area (Å²) in [5.41, 5.74) is 10.4. The predicted octanol–water partition coefficient (Wildman–Crippen LogP) is 7.32. The first-order chi connectivity index (χ1) is 14.1. The molecule has 0 aliphatic heterocycles. The van der Waals surface area contributed by atoms with Crippen molar-refractivity contribution >= 4 is 11.6 Å². The summed E-state index contributed by atoms with van der Waals surface area (Å²) in [6.45, 7) is 10.7. The Labute approximate surface area is 176 Å². The van der Waals surface area contributed by atoms with Gasteiger partial charge in [-0.25, -0.2) is 0 Å². The molecule has 0 fully saturated rings. The number of unbranched alkanes of at least 4 members (excludes halogenated alkanes) is 2. The van der Waals surface area contributed by atoms with Gasteiger partial charge in [0.15, 0.2) is 0 Å². The molecule has 1 heterocycles. The van der Waals surface area contributed by atoms with Crippen LogP contribution in [0, 0.1) is 6.92 Å². The number of aryl methyl sites for hydroxylation is 3. The molecular weight excluding hydrogens is 354 g/mol. The van der Waals surface area contributed by atoms with E-state index in [0.717, 1.165) is 49.1 Å². The third kappa shape index (κ3) is 4.63. The van der Waals surface area contributed by atoms with Gasteiger partial charge >= 0.3 is 0 Å². The highest BCUT2D eigenvalue weighted by Crippen LogP contribution is 2.42. The average molecular weight is 390 g/mol. The number of methoxy groups -OCH3 is 1. The molecule has 0 spiro atoms. The molecule has 29 heavy (non-hydrogen) atoms. The van der Waals surface area contributed by atoms with Gasteiger partial charge in [-0.3, -0.25) is 4.98 Å². The van der Waals surface area contributed by atoms with Crippen LogP contribution >= 0.6 is 0 Å². The van der Waals surface area contributed by atoms with Gasteiger partial charge in [0, 0.05) is 17.3 Å². The number of hydrogen-bond donors (Lipinski definition) is 0. The van der Waals surface area contributed by atoms with E-state index in [1.807, 2.05) is 12.3 Å². The van der Waals surface area contributed by atoms with Gasteiger partial charge in [-0.1, -0.05) is 57.4 Å². The predicted molar refractivity (Wildman–Crippen MR) is 125 cm³/mol. The van der Waals surface area contributed by atoms with Crippen LogP contribution in [0.25, 0.3) is 11.6 Å². The lowest BCUT2D eigenvalue weighted by Crippen LogP contribution is -2.04. The van der Waals surface area contributed by atoms with E-state index in [-0.39, 0.29) is 0 Å². The zero-order chi connectivity index (χ0) is 20.8. The molecule has 2 nitrogen and oxygen atoms in total. The summed E-state index contributed by atoms with van der Waals surface area (Å²) >= 11 is 0. The van der Waals surface area contributed by atoms with Gasteiger partial charge in [0.25, 0.3) is 0 Å². The molecular formula is C27H35NO. The number of hydrogen-bond acceptors (Lipinski definition) is 2. The van der Waals surface area contributed by atoms with Gasteiger partial charge < -0.3 is 4.74 Å². The summed E-state index contributed by atoms with van der Waals surface area (Å²) in [6.07, 6.45) is 13.0. The Morgan fingerprint density at radius 2 is 1.86 bits per heavy atom. The van der Waals surface area contributed by atoms with E-state index in [1.165, 1.54) is 52.7 Å². The highest BCUT2D eigenvalue weighted by atomic mass is 16.5. The van der Waals surface area contributed by atoms with Crippen LogP contribution in [0.1, 0.15) is 85.9 Å². The van der Waals surface area contributed by atoms with Crippen LogP contribution in [0.2, 0.25) is 0 Å². The summed E-state index contributed by atoms with van der Waals surface area (Å²) in [6, 6.07) is 6.79. The Morgan fingerprint density at radius 1 is 1.07 bits per heavy atom. The largest absolute Gasteiger partial charge is 0.496 e. The molecule has 1 aliphatic rings. The van der Waals surface area contributed by atoms with Crippen LogP contribution in [0.4, 0.5) is 0 Å². The number of ether oxygens (including phenoxy) is 1. The molecule has 0 N–H and O–H groups in total. The third-order valence-electron chi connectivity index (χ3n) is 5.91. The SMILES string of the molecule is C=Cc1cnc2c(c1)CCc1cc(C)cc(OC)c1/C2=C(/CCC)CCCCC. The Balaban J connectivity index is 2.30. The standard InChI is InChI=1S/C27H35NO/c1-6-9-10-12-21(11-7-2)26-25-22(15-19(4)16-24(25)29-5)13-14-23-17-20(8-3)18-28-27(23)26/h8,15-18H,3,6-7,9-14H2,1-2,4-5H3/b26-21+. The van der Waals surface area contributed by atoms with E-state index in [1.54, 1.807) is 7.11 Å². The summed E-state index contributed by atoms with van der Waals surface area (Å²) in [7, 11) is 1.79. The van der Waals surface area contributed by atoms with E-state index < -0.39 is 0 Å². The second-order valence-electron chi connectivity index (χ2n) is 8.17. The first-order valence-electron chi connectivity index (χ1n) is 11.1. The molecule has 0 radical (unpaired) electrons. The molecule has 154 valence electrons. The number of allylic oxidation sites excluding steroid dienone is 1. The maximum absolute atomic E-state index is 5.92. The average Bonchev–Trinajstić information content (AvgIpc) is 2.89. The molecule has 3 rings (SSSR count). The smallest absolute Gasteiger partial charge is 0.127 e. The van der Waals surface area contributed by atoms with E-state index >= 15 is 0 Å². The minimum atomic E-state index is 0.988. The maximum atomic E-state index is 5.92. The van der Waals surface area contributed by atoms with Crippen molar-refractivity contribution in [3.8, 4) is 5.75 Å². The fourth-order valence-electron chi connectivity index (χ4n) is 4.52. The van der Waals surface area contributed by atoms with Crippen molar-refractivity contribution in [1.29, 1.82) is 0 Å². The maximum Gasteiger partial charge on any atom is 0.127 e. The molecule has 1 aromatic heterocycles. The summed E-state index contributed by atoms with van der Waals surface area (Å²) in [4.78, 5) is 4.97. The molecule has 0 atom stereocenters. The normalized spacial score (nSPS) is 14.6. The van der Waals surface area contributed by atoms with Crippen LogP contribution in [0.3, 0.4) is 0 Å². The molecule has 0 unspecified atom stereocenters. The highest BCUT2D eigenvalue weighted by molar-refractivity contribution is 5.87. The van der Waals surface area contributed by atoms with Crippen molar-refractivity contribution in [2.75, 3.05) is 7.11 Å². The van der Waals surface area contributed by atoms with E-state index in [2.05, 4.69) is 45.5 Å². The lowest BCUT2D eigenvalue weighted by Gasteiger charge is -2.20. The Bertz CT molecular complexity index is 907. The minimum absolute atomic E-state index is 0.988.